The van der Waals surface area contributed by atoms with Crippen molar-refractivity contribution in [3.05, 3.63) is 265 Å². The fraction of sp³-hybridized carbons (Fsp3) is 0. The van der Waals surface area contributed by atoms with E-state index < -0.39 is 0 Å². The molecule has 62 heavy (non-hydrogen) atoms. The van der Waals surface area contributed by atoms with Crippen LogP contribution in [-0.2, 0) is 0 Å². The van der Waals surface area contributed by atoms with Gasteiger partial charge >= 0.3 is 0 Å². The van der Waals surface area contributed by atoms with Gasteiger partial charge in [-0.25, -0.2) is 0 Å². The van der Waals surface area contributed by atoms with Crippen molar-refractivity contribution in [2.45, 2.75) is 0 Å². The first-order chi connectivity index (χ1) is 30.7. The van der Waals surface area contributed by atoms with Crippen molar-refractivity contribution >= 4 is 80.0 Å². The summed E-state index contributed by atoms with van der Waals surface area (Å²) in [4.78, 5) is 4.67. The van der Waals surface area contributed by atoms with Crippen molar-refractivity contribution in [1.29, 1.82) is 0 Å². The summed E-state index contributed by atoms with van der Waals surface area (Å²) < 4.78 is 0. The lowest BCUT2D eigenvalue weighted by Gasteiger charge is -2.27. The van der Waals surface area contributed by atoms with Crippen LogP contribution < -0.4 is 9.80 Å². The van der Waals surface area contributed by atoms with Crippen LogP contribution in [0.15, 0.2) is 243 Å². The summed E-state index contributed by atoms with van der Waals surface area (Å²) in [7, 11) is 0. The fourth-order valence-corrected chi connectivity index (χ4v) is 8.24. The van der Waals surface area contributed by atoms with Gasteiger partial charge in [0.2, 0.25) is 0 Å². The molecule has 0 aliphatic heterocycles. The number of nitrogens with zero attached hydrogens (tertiary/aromatic N) is 2. The van der Waals surface area contributed by atoms with E-state index in [1.807, 2.05) is 0 Å². The third kappa shape index (κ3) is 8.18. The van der Waals surface area contributed by atoms with Gasteiger partial charge in [0.1, 0.15) is 0 Å². The van der Waals surface area contributed by atoms with E-state index in [-0.39, 0.29) is 0 Å². The summed E-state index contributed by atoms with van der Waals surface area (Å²) in [5.41, 5.74) is 13.8. The van der Waals surface area contributed by atoms with Crippen LogP contribution in [-0.4, -0.2) is 0 Å². The van der Waals surface area contributed by atoms with Crippen LogP contribution in [0.25, 0.3) is 57.0 Å². The maximum atomic E-state index is 2.34. The van der Waals surface area contributed by atoms with E-state index in [1.54, 1.807) is 0 Å². The fourth-order valence-electron chi connectivity index (χ4n) is 8.24. The quantitative estimate of drug-likeness (QED) is 0.120. The molecule has 0 aromatic heterocycles. The molecule has 2 heteroatoms. The van der Waals surface area contributed by atoms with Gasteiger partial charge in [0.15, 0.2) is 0 Å². The lowest BCUT2D eigenvalue weighted by atomic mass is 10.0. The van der Waals surface area contributed by atoms with Crippen LogP contribution in [0.3, 0.4) is 0 Å². The molecule has 10 rings (SSSR count). The largest absolute Gasteiger partial charge is 0.310 e. The minimum absolute atomic E-state index is 1.12. The first-order valence-corrected chi connectivity index (χ1v) is 21.2. The van der Waals surface area contributed by atoms with Crippen LogP contribution >= 0.6 is 0 Å². The number of benzene rings is 10. The van der Waals surface area contributed by atoms with Gasteiger partial charge in [0, 0.05) is 33.5 Å². The van der Waals surface area contributed by atoms with Crippen molar-refractivity contribution in [3.63, 3.8) is 0 Å². The number of rotatable bonds is 11. The third-order valence-corrected chi connectivity index (χ3v) is 11.4. The van der Waals surface area contributed by atoms with Crippen LogP contribution in [0.5, 0.6) is 0 Å². The van der Waals surface area contributed by atoms with Crippen molar-refractivity contribution in [2.75, 3.05) is 9.80 Å². The Morgan fingerprint density at radius 1 is 0.226 bits per heavy atom. The van der Waals surface area contributed by atoms with E-state index in [4.69, 9.17) is 0 Å². The molecule has 0 fully saturated rings. The second-order valence-electron chi connectivity index (χ2n) is 15.4. The first-order valence-electron chi connectivity index (χ1n) is 21.2. The average Bonchev–Trinajstić information content (AvgIpc) is 3.35. The normalized spacial score (nSPS) is 11.4. The standard InChI is InChI=1S/C60H44N2/c1-3-17-53(18-4-1)61(59-23-11-15-51-13-7-9-21-57(51)59)55-41-33-47(34-42-55)27-25-45-29-37-49(38-30-45)50-39-31-46(32-40-50)26-28-48-35-43-56(44-36-48)62(54-19-5-2-6-20-54)60-24-12-16-52-14-8-10-22-58(52)60/h1-44H/b27-25+,28-26+. The maximum Gasteiger partial charge on any atom is 0.0540 e. The zero-order chi connectivity index (χ0) is 41.5. The molecular formula is C60H44N2. The van der Waals surface area contributed by atoms with Gasteiger partial charge in [-0.15, -0.1) is 0 Å². The van der Waals surface area contributed by atoms with Crippen molar-refractivity contribution in [2.24, 2.45) is 0 Å². The molecule has 0 saturated heterocycles. The Labute approximate surface area is 364 Å². The van der Waals surface area contributed by atoms with Crippen molar-refractivity contribution in [1.82, 2.24) is 0 Å². The molecular weight excluding hydrogens is 749 g/mol. The van der Waals surface area contributed by atoms with E-state index in [9.17, 15) is 0 Å². The summed E-state index contributed by atoms with van der Waals surface area (Å²) in [5.74, 6) is 0. The molecule has 294 valence electrons. The molecule has 10 aromatic carbocycles. The molecule has 10 aromatic rings. The lowest BCUT2D eigenvalue weighted by molar-refractivity contribution is 1.30. The molecule has 0 amide bonds. The van der Waals surface area contributed by atoms with Gasteiger partial charge in [-0.3, -0.25) is 0 Å². The molecule has 0 atom stereocenters. The second kappa shape index (κ2) is 17.6. The Balaban J connectivity index is 0.807. The van der Waals surface area contributed by atoms with Crippen molar-refractivity contribution < 1.29 is 0 Å². The Kier molecular flexibility index (Phi) is 10.8. The van der Waals surface area contributed by atoms with Gasteiger partial charge < -0.3 is 9.80 Å². The van der Waals surface area contributed by atoms with Crippen LogP contribution in [0.2, 0.25) is 0 Å². The van der Waals surface area contributed by atoms with E-state index >= 15 is 0 Å². The summed E-state index contributed by atoms with van der Waals surface area (Å²) >= 11 is 0. The number of fused-ring (bicyclic) bond motifs is 2. The predicted molar refractivity (Wildman–Crippen MR) is 267 cm³/mol. The zero-order valence-corrected chi connectivity index (χ0v) is 34.3. The average molecular weight is 793 g/mol. The number of anilines is 6. The minimum Gasteiger partial charge on any atom is -0.310 e. The lowest BCUT2D eigenvalue weighted by Crippen LogP contribution is -2.10. The molecule has 0 aliphatic carbocycles. The smallest absolute Gasteiger partial charge is 0.0540 e. The maximum absolute atomic E-state index is 2.34. The summed E-state index contributed by atoms with van der Waals surface area (Å²) in [6.07, 6.45) is 8.73. The minimum atomic E-state index is 1.12. The molecule has 2 nitrogen and oxygen atoms in total. The van der Waals surface area contributed by atoms with Gasteiger partial charge in [-0.2, -0.15) is 0 Å². The topological polar surface area (TPSA) is 6.48 Å². The molecule has 0 unspecified atom stereocenters. The van der Waals surface area contributed by atoms with Crippen LogP contribution in [0.1, 0.15) is 22.3 Å². The van der Waals surface area contributed by atoms with Gasteiger partial charge in [0.05, 0.1) is 11.4 Å². The highest BCUT2D eigenvalue weighted by atomic mass is 15.1. The molecule has 0 aliphatic rings. The van der Waals surface area contributed by atoms with Gasteiger partial charge in [-0.1, -0.05) is 206 Å². The van der Waals surface area contributed by atoms with Gasteiger partial charge in [-0.05, 0) is 105 Å². The Morgan fingerprint density at radius 2 is 0.516 bits per heavy atom. The Morgan fingerprint density at radius 3 is 0.887 bits per heavy atom. The zero-order valence-electron chi connectivity index (χ0n) is 34.3. The highest BCUT2D eigenvalue weighted by Gasteiger charge is 2.16. The Hall–Kier alpha value is -8.20. The summed E-state index contributed by atoms with van der Waals surface area (Å²) in [5, 5.41) is 4.90. The first kappa shape index (κ1) is 38.0. The Bertz CT molecular complexity index is 2900. The molecule has 0 spiro atoms. The highest BCUT2D eigenvalue weighted by Crippen LogP contribution is 2.40. The van der Waals surface area contributed by atoms with Gasteiger partial charge in [0.25, 0.3) is 0 Å². The number of hydrogen-bond donors (Lipinski definition) is 0. The second-order valence-corrected chi connectivity index (χ2v) is 15.4. The van der Waals surface area contributed by atoms with E-state index in [2.05, 4.69) is 277 Å². The monoisotopic (exact) mass is 792 g/mol. The van der Waals surface area contributed by atoms with E-state index in [1.165, 1.54) is 32.7 Å². The third-order valence-electron chi connectivity index (χ3n) is 11.4. The molecule has 0 radical (unpaired) electrons. The highest BCUT2D eigenvalue weighted by molar-refractivity contribution is 6.00. The molecule has 0 heterocycles. The van der Waals surface area contributed by atoms with Crippen molar-refractivity contribution in [3.8, 4) is 11.1 Å². The predicted octanol–water partition coefficient (Wildman–Crippen LogP) is 16.9. The molecule has 0 N–H and O–H groups in total. The van der Waals surface area contributed by atoms with E-state index in [0.29, 0.717) is 0 Å². The van der Waals surface area contributed by atoms with Crippen LogP contribution in [0, 0.1) is 0 Å². The van der Waals surface area contributed by atoms with Crippen LogP contribution in [0.4, 0.5) is 34.1 Å². The molecule has 0 saturated carbocycles. The summed E-state index contributed by atoms with van der Waals surface area (Å²) in [6.45, 7) is 0. The number of para-hydroxylation sites is 2. The van der Waals surface area contributed by atoms with E-state index in [0.717, 1.165) is 56.4 Å². The number of hydrogen-bond acceptors (Lipinski definition) is 2. The SMILES string of the molecule is C(=C\c1ccc(N(c2ccccc2)c2cccc3ccccc23)cc1)/c1ccc(-c2ccc(/C=C/c3ccc(N(c4ccccc4)c4cccc5ccccc45)cc3)cc2)cc1. The molecule has 0 bridgehead atoms. The summed E-state index contributed by atoms with van der Waals surface area (Å²) in [6, 6.07) is 86.5.